The highest BCUT2D eigenvalue weighted by molar-refractivity contribution is 5.76. The van der Waals surface area contributed by atoms with Gasteiger partial charge < -0.3 is 15.6 Å². The molecule has 0 aromatic carbocycles. The Hall–Kier alpha value is -1.43. The average Bonchev–Trinajstić information content (AvgIpc) is 2.70. The topological polar surface area (TPSA) is 94.0 Å². The van der Waals surface area contributed by atoms with Crippen molar-refractivity contribution < 1.29 is 9.32 Å². The van der Waals surface area contributed by atoms with Gasteiger partial charge in [0.1, 0.15) is 0 Å². The lowest BCUT2D eigenvalue weighted by Crippen LogP contribution is -2.28. The van der Waals surface area contributed by atoms with Crippen LogP contribution < -0.4 is 11.1 Å². The second-order valence-corrected chi connectivity index (χ2v) is 3.49. The van der Waals surface area contributed by atoms with E-state index in [4.69, 9.17) is 5.73 Å². The van der Waals surface area contributed by atoms with Crippen molar-refractivity contribution in [1.29, 1.82) is 0 Å². The Balaban J connectivity index is 2.12. The summed E-state index contributed by atoms with van der Waals surface area (Å²) < 4.78 is 4.56. The lowest BCUT2D eigenvalue weighted by molar-refractivity contribution is -0.121. The molecule has 0 saturated carbocycles. The lowest BCUT2D eigenvalue weighted by atomic mass is 10.1. The Bertz CT molecular complexity index is 286. The molecule has 1 heterocycles. The molecule has 0 radical (unpaired) electrons. The van der Waals surface area contributed by atoms with Gasteiger partial charge in [-0.3, -0.25) is 4.79 Å². The maximum absolute atomic E-state index is 11.3. The van der Waals surface area contributed by atoms with Crippen molar-refractivity contribution in [2.75, 3.05) is 13.1 Å². The number of hydrogen-bond donors (Lipinski definition) is 2. The Morgan fingerprint density at radius 2 is 2.53 bits per heavy atom. The molecule has 0 spiro atoms. The molecule has 6 nitrogen and oxygen atoms in total. The molecule has 84 valence electrons. The molecule has 3 N–H and O–H groups in total. The number of nitrogens with two attached hydrogens (primary N) is 1. The molecule has 0 bridgehead atoms. The number of carbonyl (C=O) groups is 1. The Morgan fingerprint density at radius 3 is 3.13 bits per heavy atom. The molecule has 1 amide bonds. The molecule has 0 saturated heterocycles. The molecule has 1 unspecified atom stereocenters. The number of hydrogen-bond acceptors (Lipinski definition) is 5. The third-order valence-electron chi connectivity index (χ3n) is 2.01. The summed E-state index contributed by atoms with van der Waals surface area (Å²) in [6.07, 6.45) is 2.32. The summed E-state index contributed by atoms with van der Waals surface area (Å²) in [5.41, 5.74) is 5.41. The Kier molecular flexibility index (Phi) is 4.76. The first-order chi connectivity index (χ1) is 7.22. The van der Waals surface area contributed by atoms with Gasteiger partial charge in [-0.2, -0.15) is 4.98 Å². The first-order valence-corrected chi connectivity index (χ1v) is 4.94. The zero-order valence-electron chi connectivity index (χ0n) is 8.77. The van der Waals surface area contributed by atoms with E-state index in [1.165, 1.54) is 6.39 Å². The van der Waals surface area contributed by atoms with E-state index in [-0.39, 0.29) is 11.8 Å². The number of carbonyl (C=O) groups excluding carboxylic acids is 1. The fraction of sp³-hybridized carbons (Fsp3) is 0.667. The van der Waals surface area contributed by atoms with Gasteiger partial charge in [-0.15, -0.1) is 0 Å². The van der Waals surface area contributed by atoms with Crippen LogP contribution in [-0.2, 0) is 11.2 Å². The van der Waals surface area contributed by atoms with Gasteiger partial charge in [0.15, 0.2) is 5.82 Å². The maximum Gasteiger partial charge on any atom is 0.220 e. The molecule has 1 rings (SSSR count). The summed E-state index contributed by atoms with van der Waals surface area (Å²) in [5.74, 6) is 0.828. The molecule has 0 aliphatic heterocycles. The van der Waals surface area contributed by atoms with E-state index in [1.54, 1.807) is 0 Å². The van der Waals surface area contributed by atoms with E-state index in [0.717, 1.165) is 0 Å². The number of nitrogens with zero attached hydrogens (tertiary/aromatic N) is 2. The van der Waals surface area contributed by atoms with Crippen LogP contribution in [0.4, 0.5) is 0 Å². The Labute approximate surface area is 88.2 Å². The van der Waals surface area contributed by atoms with Gasteiger partial charge in [-0.25, -0.2) is 0 Å². The first kappa shape index (κ1) is 11.6. The van der Waals surface area contributed by atoms with Crippen molar-refractivity contribution in [3.63, 3.8) is 0 Å². The normalized spacial score (nSPS) is 12.4. The number of aromatic nitrogens is 2. The van der Waals surface area contributed by atoms with Crippen molar-refractivity contribution in [3.8, 4) is 0 Å². The van der Waals surface area contributed by atoms with Crippen LogP contribution in [0.2, 0.25) is 0 Å². The highest BCUT2D eigenvalue weighted by atomic mass is 16.5. The van der Waals surface area contributed by atoms with E-state index >= 15 is 0 Å². The minimum Gasteiger partial charge on any atom is -0.356 e. The van der Waals surface area contributed by atoms with Crippen molar-refractivity contribution in [3.05, 3.63) is 12.2 Å². The predicted molar refractivity (Wildman–Crippen MR) is 53.8 cm³/mol. The van der Waals surface area contributed by atoms with E-state index in [1.807, 2.05) is 6.92 Å². The minimum atomic E-state index is 0.0106. The maximum atomic E-state index is 11.3. The smallest absolute Gasteiger partial charge is 0.220 e. The zero-order chi connectivity index (χ0) is 11.1. The summed E-state index contributed by atoms with van der Waals surface area (Å²) in [6.45, 7) is 2.99. The van der Waals surface area contributed by atoms with Crippen LogP contribution >= 0.6 is 0 Å². The van der Waals surface area contributed by atoms with Crippen LogP contribution in [0.1, 0.15) is 19.2 Å². The minimum absolute atomic E-state index is 0.0106. The molecule has 15 heavy (non-hydrogen) atoms. The standard InChI is InChI=1S/C9H16N4O2/c1-7(5-10)4-9(14)11-3-2-8-12-6-15-13-8/h6-7H,2-5,10H2,1H3,(H,11,14). The molecule has 0 aliphatic carbocycles. The van der Waals surface area contributed by atoms with Gasteiger partial charge >= 0.3 is 0 Å². The van der Waals surface area contributed by atoms with E-state index in [2.05, 4.69) is 20.0 Å². The molecule has 0 aliphatic rings. The molecular formula is C9H16N4O2. The highest BCUT2D eigenvalue weighted by Gasteiger charge is 2.07. The molecule has 1 atom stereocenters. The van der Waals surface area contributed by atoms with E-state index in [9.17, 15) is 4.79 Å². The van der Waals surface area contributed by atoms with Crippen LogP contribution in [0, 0.1) is 5.92 Å². The average molecular weight is 212 g/mol. The SMILES string of the molecule is CC(CN)CC(=O)NCCc1ncon1. The third kappa shape index (κ3) is 4.55. The summed E-state index contributed by atoms with van der Waals surface area (Å²) >= 11 is 0. The van der Waals surface area contributed by atoms with Crippen LogP contribution in [-0.4, -0.2) is 29.1 Å². The quantitative estimate of drug-likeness (QED) is 0.676. The van der Waals surface area contributed by atoms with Crippen molar-refractivity contribution >= 4 is 5.91 Å². The van der Waals surface area contributed by atoms with Crippen molar-refractivity contribution in [1.82, 2.24) is 15.5 Å². The molecular weight excluding hydrogens is 196 g/mol. The van der Waals surface area contributed by atoms with Crippen LogP contribution in [0.5, 0.6) is 0 Å². The van der Waals surface area contributed by atoms with Gasteiger partial charge in [-0.05, 0) is 12.5 Å². The van der Waals surface area contributed by atoms with Crippen LogP contribution in [0.15, 0.2) is 10.9 Å². The second-order valence-electron chi connectivity index (χ2n) is 3.49. The summed E-state index contributed by atoms with van der Waals surface area (Å²) in [7, 11) is 0. The van der Waals surface area contributed by atoms with Gasteiger partial charge in [0, 0.05) is 19.4 Å². The number of rotatable bonds is 6. The van der Waals surface area contributed by atoms with Crippen LogP contribution in [0.3, 0.4) is 0 Å². The summed E-state index contributed by atoms with van der Waals surface area (Å²) in [5, 5.41) is 6.40. The van der Waals surface area contributed by atoms with Gasteiger partial charge in [-0.1, -0.05) is 12.1 Å². The summed E-state index contributed by atoms with van der Waals surface area (Å²) in [4.78, 5) is 15.2. The monoisotopic (exact) mass is 212 g/mol. The van der Waals surface area contributed by atoms with Gasteiger partial charge in [0.2, 0.25) is 12.3 Å². The largest absolute Gasteiger partial charge is 0.356 e. The van der Waals surface area contributed by atoms with Crippen molar-refractivity contribution in [2.24, 2.45) is 11.7 Å². The third-order valence-corrected chi connectivity index (χ3v) is 2.01. The second kappa shape index (κ2) is 6.13. The molecule has 0 fully saturated rings. The molecule has 1 aromatic rings. The number of amides is 1. The predicted octanol–water partition coefficient (Wildman–Crippen LogP) is -0.287. The fourth-order valence-electron chi connectivity index (χ4n) is 1.09. The summed E-state index contributed by atoms with van der Waals surface area (Å²) in [6, 6.07) is 0. The zero-order valence-corrected chi connectivity index (χ0v) is 8.77. The first-order valence-electron chi connectivity index (χ1n) is 4.94. The van der Waals surface area contributed by atoms with E-state index in [0.29, 0.717) is 31.8 Å². The number of nitrogens with one attached hydrogen (secondary N) is 1. The lowest BCUT2D eigenvalue weighted by Gasteiger charge is -2.07. The van der Waals surface area contributed by atoms with Gasteiger partial charge in [0.25, 0.3) is 0 Å². The highest BCUT2D eigenvalue weighted by Crippen LogP contribution is 1.97. The van der Waals surface area contributed by atoms with E-state index < -0.39 is 0 Å². The van der Waals surface area contributed by atoms with Gasteiger partial charge in [0.05, 0.1) is 0 Å². The van der Waals surface area contributed by atoms with Crippen molar-refractivity contribution in [2.45, 2.75) is 19.8 Å². The van der Waals surface area contributed by atoms with Crippen LogP contribution in [0.25, 0.3) is 0 Å². The molecule has 1 aromatic heterocycles. The fourth-order valence-corrected chi connectivity index (χ4v) is 1.09. The Morgan fingerprint density at radius 1 is 1.73 bits per heavy atom. The molecule has 6 heteroatoms.